The molecule has 0 radical (unpaired) electrons. The van der Waals surface area contributed by atoms with Crippen molar-refractivity contribution in [3.05, 3.63) is 90.5 Å². The first-order chi connectivity index (χ1) is 15.9. The molecule has 176 valence electrons. The molecule has 0 amide bonds. The fourth-order valence-electron chi connectivity index (χ4n) is 3.18. The summed E-state index contributed by atoms with van der Waals surface area (Å²) in [6.07, 6.45) is -4.65. The largest absolute Gasteiger partial charge is 0.416 e. The molecule has 0 aliphatic heterocycles. The van der Waals surface area contributed by atoms with Crippen molar-refractivity contribution in [2.75, 3.05) is 0 Å². The van der Waals surface area contributed by atoms with Crippen LogP contribution < -0.4 is 0 Å². The van der Waals surface area contributed by atoms with E-state index in [2.05, 4.69) is 10.1 Å². The van der Waals surface area contributed by atoms with Crippen molar-refractivity contribution in [2.45, 2.75) is 17.2 Å². The lowest BCUT2D eigenvalue weighted by Gasteiger charge is -2.12. The van der Waals surface area contributed by atoms with Crippen molar-refractivity contribution < 1.29 is 34.8 Å². The summed E-state index contributed by atoms with van der Waals surface area (Å²) >= 11 is 0. The molecule has 0 aliphatic carbocycles. The summed E-state index contributed by atoms with van der Waals surface area (Å²) in [5.41, 5.74) is -1.52. The van der Waals surface area contributed by atoms with E-state index in [0.29, 0.717) is 15.7 Å². The van der Waals surface area contributed by atoms with Gasteiger partial charge in [-0.3, -0.25) is 4.98 Å². The van der Waals surface area contributed by atoms with Gasteiger partial charge in [-0.1, -0.05) is 12.1 Å². The van der Waals surface area contributed by atoms with Crippen LogP contribution in [0.5, 0.6) is 0 Å². The normalized spacial score (nSPS) is 12.6. The van der Waals surface area contributed by atoms with E-state index in [-0.39, 0.29) is 16.7 Å². The summed E-state index contributed by atoms with van der Waals surface area (Å²) in [6, 6.07) is 9.37. The van der Waals surface area contributed by atoms with E-state index in [9.17, 15) is 34.8 Å². The standard InChI is InChI=1S/C22H13F6N3O2S/c23-21(24,25)18-4-1-5-20(10-18)34(32,33)31-13-17(12-30-31)16-7-15(14-3-2-6-29-11-14)8-19(9-16)22(26,27)28/h1-13H. The van der Waals surface area contributed by atoms with E-state index in [1.54, 1.807) is 12.1 Å². The van der Waals surface area contributed by atoms with Crippen LogP contribution in [-0.2, 0) is 22.4 Å². The zero-order chi connectivity index (χ0) is 24.7. The van der Waals surface area contributed by atoms with Crippen LogP contribution in [0.3, 0.4) is 0 Å². The van der Waals surface area contributed by atoms with Gasteiger partial charge in [0.2, 0.25) is 0 Å². The van der Waals surface area contributed by atoms with Crippen LogP contribution in [0.1, 0.15) is 11.1 Å². The quantitative estimate of drug-likeness (QED) is 0.330. The van der Waals surface area contributed by atoms with E-state index >= 15 is 0 Å². The predicted molar refractivity (Wildman–Crippen MR) is 110 cm³/mol. The molecule has 0 unspecified atom stereocenters. The molecular weight excluding hydrogens is 484 g/mol. The van der Waals surface area contributed by atoms with Crippen LogP contribution in [0.2, 0.25) is 0 Å². The average molecular weight is 497 g/mol. The van der Waals surface area contributed by atoms with E-state index in [1.165, 1.54) is 18.5 Å². The minimum atomic E-state index is -4.76. The number of hydrogen-bond donors (Lipinski definition) is 0. The minimum Gasteiger partial charge on any atom is -0.264 e. The highest BCUT2D eigenvalue weighted by Crippen LogP contribution is 2.36. The molecule has 0 saturated carbocycles. The van der Waals surface area contributed by atoms with Crippen molar-refractivity contribution in [3.63, 3.8) is 0 Å². The number of halogens is 6. The smallest absolute Gasteiger partial charge is 0.264 e. The summed E-state index contributed by atoms with van der Waals surface area (Å²) in [6.45, 7) is 0. The second kappa shape index (κ2) is 8.28. The summed E-state index contributed by atoms with van der Waals surface area (Å²) in [5, 5.41) is 3.68. The van der Waals surface area contributed by atoms with E-state index in [0.717, 1.165) is 42.7 Å². The molecule has 2 aromatic heterocycles. The van der Waals surface area contributed by atoms with Crippen LogP contribution in [-0.4, -0.2) is 22.6 Å². The number of benzene rings is 2. The number of aromatic nitrogens is 3. The van der Waals surface area contributed by atoms with Gasteiger partial charge in [-0.2, -0.15) is 43.9 Å². The Bertz CT molecular complexity index is 1450. The predicted octanol–water partition coefficient (Wildman–Crippen LogP) is 5.89. The highest BCUT2D eigenvalue weighted by Gasteiger charge is 2.33. The zero-order valence-electron chi connectivity index (χ0n) is 16.8. The van der Waals surface area contributed by atoms with Crippen molar-refractivity contribution in [2.24, 2.45) is 0 Å². The lowest BCUT2D eigenvalue weighted by molar-refractivity contribution is -0.138. The van der Waals surface area contributed by atoms with Gasteiger partial charge in [-0.25, -0.2) is 0 Å². The lowest BCUT2D eigenvalue weighted by atomic mass is 9.98. The Balaban J connectivity index is 1.79. The fraction of sp³-hybridized carbons (Fsp3) is 0.0909. The molecule has 0 bridgehead atoms. The third kappa shape index (κ3) is 4.67. The van der Waals surface area contributed by atoms with Gasteiger partial charge in [0.1, 0.15) is 0 Å². The number of alkyl halides is 6. The molecule has 34 heavy (non-hydrogen) atoms. The fourth-order valence-corrected chi connectivity index (χ4v) is 4.35. The first-order valence-electron chi connectivity index (χ1n) is 9.46. The molecular formula is C22H13F6N3O2S. The van der Waals surface area contributed by atoms with Crippen molar-refractivity contribution in [1.29, 1.82) is 0 Å². The summed E-state index contributed by atoms with van der Waals surface area (Å²) in [5.74, 6) is 0. The Kier molecular flexibility index (Phi) is 5.72. The number of nitrogens with zero attached hydrogens (tertiary/aromatic N) is 3. The monoisotopic (exact) mass is 497 g/mol. The number of rotatable bonds is 4. The average Bonchev–Trinajstić information content (AvgIpc) is 3.30. The lowest BCUT2D eigenvalue weighted by Crippen LogP contribution is -2.15. The number of pyridine rings is 1. The maximum Gasteiger partial charge on any atom is 0.416 e. The van der Waals surface area contributed by atoms with Crippen LogP contribution in [0.4, 0.5) is 26.3 Å². The maximum atomic E-state index is 13.5. The van der Waals surface area contributed by atoms with Crippen LogP contribution in [0, 0.1) is 0 Å². The SMILES string of the molecule is O=S(=O)(c1cccc(C(F)(F)F)c1)n1cc(-c2cc(-c3cccnc3)cc(C(F)(F)F)c2)cn1. The van der Waals surface area contributed by atoms with Crippen molar-refractivity contribution in [3.8, 4) is 22.3 Å². The summed E-state index contributed by atoms with van der Waals surface area (Å²) in [7, 11) is -4.54. The van der Waals surface area contributed by atoms with Crippen LogP contribution >= 0.6 is 0 Å². The zero-order valence-corrected chi connectivity index (χ0v) is 17.7. The molecule has 5 nitrogen and oxygen atoms in total. The third-order valence-corrected chi connectivity index (χ3v) is 6.40. The molecule has 0 atom stereocenters. The maximum absolute atomic E-state index is 13.5. The van der Waals surface area contributed by atoms with Gasteiger partial charge in [-0.05, 0) is 53.6 Å². The van der Waals surface area contributed by atoms with Gasteiger partial charge in [0.05, 0.1) is 28.4 Å². The highest BCUT2D eigenvalue weighted by molar-refractivity contribution is 7.89. The Hall–Kier alpha value is -3.67. The second-order valence-electron chi connectivity index (χ2n) is 7.17. The third-order valence-electron chi connectivity index (χ3n) is 4.85. The van der Waals surface area contributed by atoms with Gasteiger partial charge in [-0.15, -0.1) is 0 Å². The second-order valence-corrected chi connectivity index (χ2v) is 8.97. The van der Waals surface area contributed by atoms with Gasteiger partial charge in [0, 0.05) is 23.5 Å². The van der Waals surface area contributed by atoms with E-state index < -0.39 is 38.4 Å². The number of hydrogen-bond acceptors (Lipinski definition) is 4. The molecule has 2 heterocycles. The van der Waals surface area contributed by atoms with E-state index in [1.807, 2.05) is 0 Å². The summed E-state index contributed by atoms with van der Waals surface area (Å²) < 4.78 is 106. The molecule has 0 saturated heterocycles. The molecule has 0 N–H and O–H groups in total. The first-order valence-corrected chi connectivity index (χ1v) is 10.9. The van der Waals surface area contributed by atoms with Gasteiger partial charge < -0.3 is 0 Å². The molecule has 0 fully saturated rings. The Morgan fingerprint density at radius 2 is 1.38 bits per heavy atom. The van der Waals surface area contributed by atoms with E-state index in [4.69, 9.17) is 0 Å². The van der Waals surface area contributed by atoms with Gasteiger partial charge >= 0.3 is 12.4 Å². The molecule has 4 rings (SSSR count). The first kappa shape index (κ1) is 23.5. The van der Waals surface area contributed by atoms with Crippen molar-refractivity contribution in [1.82, 2.24) is 14.2 Å². The molecule has 2 aromatic carbocycles. The molecule has 12 heteroatoms. The van der Waals surface area contributed by atoms with Crippen molar-refractivity contribution >= 4 is 10.0 Å². The Morgan fingerprint density at radius 1 is 0.706 bits per heavy atom. The molecule has 0 spiro atoms. The van der Waals surface area contributed by atoms with Gasteiger partial charge in [0.15, 0.2) is 0 Å². The molecule has 4 aromatic rings. The topological polar surface area (TPSA) is 64.8 Å². The Labute approximate surface area is 189 Å². The summed E-state index contributed by atoms with van der Waals surface area (Å²) in [4.78, 5) is 3.22. The minimum absolute atomic E-state index is 0.0131. The highest BCUT2D eigenvalue weighted by atomic mass is 32.2. The van der Waals surface area contributed by atoms with Crippen LogP contribution in [0.15, 0.2) is 84.3 Å². The van der Waals surface area contributed by atoms with Crippen LogP contribution in [0.25, 0.3) is 22.3 Å². The Morgan fingerprint density at radius 3 is 2.00 bits per heavy atom. The molecule has 0 aliphatic rings. The van der Waals surface area contributed by atoms with Gasteiger partial charge in [0.25, 0.3) is 10.0 Å².